The largest absolute Gasteiger partial charge is 0.478 e. The van der Waals surface area contributed by atoms with Gasteiger partial charge in [0.05, 0.1) is 17.8 Å². The van der Waals surface area contributed by atoms with Crippen molar-refractivity contribution in [2.75, 3.05) is 13.2 Å². The average Bonchev–Trinajstić information content (AvgIpc) is 2.31. The number of carbonyl (C=O) groups excluding carboxylic acids is 1. The van der Waals surface area contributed by atoms with Gasteiger partial charge in [0.25, 0.3) is 0 Å². The van der Waals surface area contributed by atoms with Gasteiger partial charge in [0.2, 0.25) is 0 Å². The summed E-state index contributed by atoms with van der Waals surface area (Å²) < 4.78 is 4.60. The first-order valence-electron chi connectivity index (χ1n) is 4.61. The second-order valence-corrected chi connectivity index (χ2v) is 3.08. The summed E-state index contributed by atoms with van der Waals surface area (Å²) in [6.07, 6.45) is 0. The Morgan fingerprint density at radius 3 is 1.82 bits per heavy atom. The molecule has 0 aromatic heterocycles. The normalized spacial score (nSPS) is 9.24. The van der Waals surface area contributed by atoms with Crippen LogP contribution in [0.1, 0.15) is 0 Å². The van der Waals surface area contributed by atoms with Gasteiger partial charge in [-0.05, 0) is 11.1 Å². The van der Waals surface area contributed by atoms with Crippen molar-refractivity contribution in [2.24, 2.45) is 0 Å². The lowest BCUT2D eigenvalue weighted by Crippen LogP contribution is -2.13. The Kier molecular flexibility index (Phi) is 5.63. The molecular weight excluding hydrogens is 224 g/mol. The van der Waals surface area contributed by atoms with E-state index < -0.39 is 11.9 Å². The van der Waals surface area contributed by atoms with Gasteiger partial charge in [-0.15, -0.1) is 0 Å². The maximum absolute atomic E-state index is 11.3. The lowest BCUT2D eigenvalue weighted by Gasteiger charge is -2.11. The van der Waals surface area contributed by atoms with E-state index in [1.54, 1.807) is 0 Å². The van der Waals surface area contributed by atoms with Gasteiger partial charge in [-0.3, -0.25) is 0 Å². The van der Waals surface area contributed by atoms with Crippen molar-refractivity contribution in [3.63, 3.8) is 0 Å². The van der Waals surface area contributed by atoms with E-state index in [1.807, 2.05) is 0 Å². The highest BCUT2D eigenvalue weighted by molar-refractivity contribution is 5.98. The van der Waals surface area contributed by atoms with Gasteiger partial charge in [0.15, 0.2) is 0 Å². The van der Waals surface area contributed by atoms with Crippen LogP contribution in [-0.2, 0) is 14.3 Å². The van der Waals surface area contributed by atoms with Crippen molar-refractivity contribution in [3.05, 3.63) is 48.6 Å². The Labute approximate surface area is 99.0 Å². The number of ether oxygens (including phenoxy) is 1. The summed E-state index contributed by atoms with van der Waals surface area (Å²) in [5.74, 6) is -2.05. The monoisotopic (exact) mass is 238 g/mol. The van der Waals surface area contributed by atoms with Crippen LogP contribution in [0.3, 0.4) is 0 Å². The van der Waals surface area contributed by atoms with Crippen LogP contribution in [0, 0.1) is 0 Å². The Morgan fingerprint density at radius 2 is 1.41 bits per heavy atom. The third kappa shape index (κ3) is 4.08. The number of hydrogen-bond acceptors (Lipinski definition) is 4. The summed E-state index contributed by atoms with van der Waals surface area (Å²) in [5, 5.41) is 17.1. The molecule has 2 N–H and O–H groups in total. The molecule has 0 aliphatic carbocycles. The first-order valence-corrected chi connectivity index (χ1v) is 4.61. The second kappa shape index (κ2) is 6.44. The highest BCUT2D eigenvalue weighted by Gasteiger charge is 2.18. The number of hydrogen-bond donors (Lipinski definition) is 2. The summed E-state index contributed by atoms with van der Waals surface area (Å²) in [4.78, 5) is 22.0. The van der Waals surface area contributed by atoms with Gasteiger partial charge < -0.3 is 14.9 Å². The molecule has 0 rings (SSSR count). The van der Waals surface area contributed by atoms with Gasteiger partial charge in [0, 0.05) is 0 Å². The SMILES string of the molecule is C=C(C(=C)C(=C)C(=O)OCCO)C(=C)C(=O)O. The number of aliphatic hydroxyl groups excluding tert-OH is 1. The Hall–Kier alpha value is -2.14. The Bertz CT molecular complexity index is 403. The molecule has 0 radical (unpaired) electrons. The molecule has 0 atom stereocenters. The average molecular weight is 238 g/mol. The van der Waals surface area contributed by atoms with E-state index >= 15 is 0 Å². The quantitative estimate of drug-likeness (QED) is 0.390. The summed E-state index contributed by atoms with van der Waals surface area (Å²) in [6.45, 7) is 13.2. The first-order chi connectivity index (χ1) is 7.82. The van der Waals surface area contributed by atoms with Crippen LogP contribution in [-0.4, -0.2) is 35.4 Å². The topological polar surface area (TPSA) is 83.8 Å². The molecule has 0 heterocycles. The van der Waals surface area contributed by atoms with E-state index in [1.165, 1.54) is 0 Å². The summed E-state index contributed by atoms with van der Waals surface area (Å²) in [6, 6.07) is 0. The minimum Gasteiger partial charge on any atom is -0.478 e. The van der Waals surface area contributed by atoms with Gasteiger partial charge in [-0.1, -0.05) is 26.3 Å². The third-order valence-electron chi connectivity index (χ3n) is 1.92. The Balaban J connectivity index is 4.67. The highest BCUT2D eigenvalue weighted by atomic mass is 16.5. The van der Waals surface area contributed by atoms with E-state index in [9.17, 15) is 9.59 Å². The standard InChI is InChI=1S/C12H14O5/c1-7(9(3)11(14)15)8(2)10(4)12(16)17-6-5-13/h13H,1-6H2,(H,14,15). The van der Waals surface area contributed by atoms with E-state index in [0.29, 0.717) is 0 Å². The number of carboxylic acid groups (broad SMARTS) is 1. The molecule has 0 saturated heterocycles. The minimum atomic E-state index is -1.26. The van der Waals surface area contributed by atoms with Crippen LogP contribution in [0.5, 0.6) is 0 Å². The van der Waals surface area contributed by atoms with Gasteiger partial charge in [-0.25, -0.2) is 9.59 Å². The maximum Gasteiger partial charge on any atom is 0.338 e. The van der Waals surface area contributed by atoms with E-state index in [2.05, 4.69) is 31.1 Å². The molecule has 0 unspecified atom stereocenters. The number of rotatable bonds is 7. The molecule has 17 heavy (non-hydrogen) atoms. The zero-order chi connectivity index (χ0) is 13.6. The van der Waals surface area contributed by atoms with Crippen LogP contribution < -0.4 is 0 Å². The predicted octanol–water partition coefficient (Wildman–Crippen LogP) is 0.831. The van der Waals surface area contributed by atoms with E-state index in [0.717, 1.165) is 0 Å². The zero-order valence-corrected chi connectivity index (χ0v) is 9.36. The Morgan fingerprint density at radius 1 is 0.941 bits per heavy atom. The van der Waals surface area contributed by atoms with Crippen molar-refractivity contribution in [2.45, 2.75) is 0 Å². The van der Waals surface area contributed by atoms with E-state index in [4.69, 9.17) is 10.2 Å². The number of aliphatic carboxylic acids is 1. The summed E-state index contributed by atoms with van der Waals surface area (Å²) >= 11 is 0. The van der Waals surface area contributed by atoms with Crippen molar-refractivity contribution in [3.8, 4) is 0 Å². The molecule has 0 aliphatic rings. The molecule has 0 bridgehead atoms. The summed E-state index contributed by atoms with van der Waals surface area (Å²) in [7, 11) is 0. The number of aliphatic hydroxyl groups is 1. The number of carbonyl (C=O) groups is 2. The molecule has 5 heteroatoms. The lowest BCUT2D eigenvalue weighted by atomic mass is 9.96. The molecule has 0 saturated carbocycles. The van der Waals surface area contributed by atoms with Crippen LogP contribution in [0.15, 0.2) is 48.6 Å². The molecule has 0 aromatic carbocycles. The van der Waals surface area contributed by atoms with Crippen LogP contribution in [0.4, 0.5) is 0 Å². The van der Waals surface area contributed by atoms with Crippen molar-refractivity contribution in [1.82, 2.24) is 0 Å². The maximum atomic E-state index is 11.3. The van der Waals surface area contributed by atoms with Crippen LogP contribution >= 0.6 is 0 Å². The fourth-order valence-electron chi connectivity index (χ4n) is 0.842. The zero-order valence-electron chi connectivity index (χ0n) is 9.36. The van der Waals surface area contributed by atoms with Gasteiger partial charge >= 0.3 is 11.9 Å². The molecule has 0 amide bonds. The minimum absolute atomic E-state index is 0.00319. The van der Waals surface area contributed by atoms with E-state index in [-0.39, 0.29) is 35.5 Å². The van der Waals surface area contributed by atoms with Gasteiger partial charge in [-0.2, -0.15) is 0 Å². The number of carboxylic acids is 1. The second-order valence-electron chi connectivity index (χ2n) is 3.08. The third-order valence-corrected chi connectivity index (χ3v) is 1.92. The van der Waals surface area contributed by atoms with Gasteiger partial charge in [0.1, 0.15) is 6.61 Å². The predicted molar refractivity (Wildman–Crippen MR) is 62.2 cm³/mol. The van der Waals surface area contributed by atoms with Crippen molar-refractivity contribution < 1.29 is 24.5 Å². The number of esters is 1. The molecule has 92 valence electrons. The lowest BCUT2D eigenvalue weighted by molar-refractivity contribution is -0.139. The smallest absolute Gasteiger partial charge is 0.338 e. The van der Waals surface area contributed by atoms with Crippen LogP contribution in [0.2, 0.25) is 0 Å². The summed E-state index contributed by atoms with van der Waals surface area (Å²) in [5.41, 5.74) is -0.347. The fraction of sp³-hybridized carbons (Fsp3) is 0.167. The molecular formula is C12H14O5. The highest BCUT2D eigenvalue weighted by Crippen LogP contribution is 2.21. The fourth-order valence-corrected chi connectivity index (χ4v) is 0.842. The molecule has 0 aliphatic heterocycles. The first kappa shape index (κ1) is 14.9. The van der Waals surface area contributed by atoms with Crippen molar-refractivity contribution >= 4 is 11.9 Å². The van der Waals surface area contributed by atoms with Crippen molar-refractivity contribution in [1.29, 1.82) is 0 Å². The molecule has 0 fully saturated rings. The van der Waals surface area contributed by atoms with Crippen LogP contribution in [0.25, 0.3) is 0 Å². The molecule has 5 nitrogen and oxygen atoms in total. The molecule has 0 aromatic rings. The molecule has 0 spiro atoms.